The van der Waals surface area contributed by atoms with Crippen LogP contribution in [0.5, 0.6) is 0 Å². The van der Waals surface area contributed by atoms with Crippen LogP contribution in [-0.2, 0) is 0 Å². The van der Waals surface area contributed by atoms with Crippen molar-refractivity contribution < 1.29 is 0 Å². The Morgan fingerprint density at radius 3 is 2.65 bits per heavy atom. The van der Waals surface area contributed by atoms with Gasteiger partial charge in [-0.25, -0.2) is 0 Å². The number of benzene rings is 1. The average Bonchev–Trinajstić information content (AvgIpc) is 2.36. The van der Waals surface area contributed by atoms with Gasteiger partial charge in [0.05, 0.1) is 0 Å². The second-order valence-corrected chi connectivity index (χ2v) is 5.13. The van der Waals surface area contributed by atoms with Gasteiger partial charge in [-0.2, -0.15) is 0 Å². The maximum Gasteiger partial charge on any atom is 0.0438 e. The van der Waals surface area contributed by atoms with E-state index in [-0.39, 0.29) is 0 Å². The summed E-state index contributed by atoms with van der Waals surface area (Å²) in [5.41, 5.74) is 2.51. The topological polar surface area (TPSA) is 15.3 Å². The lowest BCUT2D eigenvalue weighted by Crippen LogP contribution is -2.45. The molecule has 0 aliphatic carbocycles. The number of aryl methyl sites for hydroxylation is 1. The molecule has 1 aliphatic rings. The minimum atomic E-state index is 0.509. The number of rotatable bonds is 3. The fourth-order valence-corrected chi connectivity index (χ4v) is 2.70. The summed E-state index contributed by atoms with van der Waals surface area (Å²) in [6, 6.07) is 6.99. The quantitative estimate of drug-likeness (QED) is 0.890. The van der Waals surface area contributed by atoms with Crippen LogP contribution in [-0.4, -0.2) is 31.1 Å². The molecule has 0 saturated carbocycles. The summed E-state index contributed by atoms with van der Waals surface area (Å²) in [6.45, 7) is 8.75. The third kappa shape index (κ3) is 3.01. The van der Waals surface area contributed by atoms with Gasteiger partial charge in [-0.1, -0.05) is 30.7 Å². The Balaban J connectivity index is 2.18. The Hall–Kier alpha value is -0.570. The minimum absolute atomic E-state index is 0.509. The Labute approximate surface area is 109 Å². The van der Waals surface area contributed by atoms with Crippen LogP contribution in [0.15, 0.2) is 18.2 Å². The third-order valence-corrected chi connectivity index (χ3v) is 3.97. The minimum Gasteiger partial charge on any atom is -0.314 e. The molecule has 1 saturated heterocycles. The maximum atomic E-state index is 6.22. The lowest BCUT2D eigenvalue weighted by molar-refractivity contribution is 0.169. The van der Waals surface area contributed by atoms with E-state index in [0.29, 0.717) is 6.04 Å². The monoisotopic (exact) mass is 252 g/mol. The van der Waals surface area contributed by atoms with Gasteiger partial charge in [-0.15, -0.1) is 0 Å². The first-order chi connectivity index (χ1) is 8.22. The molecule has 1 heterocycles. The van der Waals surface area contributed by atoms with Crippen molar-refractivity contribution in [3.05, 3.63) is 34.3 Å². The van der Waals surface area contributed by atoms with E-state index in [2.05, 4.69) is 42.3 Å². The fourth-order valence-electron chi connectivity index (χ4n) is 2.51. The van der Waals surface area contributed by atoms with Crippen LogP contribution in [0.1, 0.15) is 30.5 Å². The highest BCUT2D eigenvalue weighted by Gasteiger charge is 2.20. The molecule has 1 unspecified atom stereocenters. The summed E-state index contributed by atoms with van der Waals surface area (Å²) >= 11 is 6.22. The number of halogens is 1. The van der Waals surface area contributed by atoms with Gasteiger partial charge in [0.1, 0.15) is 0 Å². The number of nitrogens with one attached hydrogen (secondary N) is 1. The van der Waals surface area contributed by atoms with Crippen molar-refractivity contribution in [2.24, 2.45) is 0 Å². The van der Waals surface area contributed by atoms with E-state index < -0.39 is 0 Å². The van der Waals surface area contributed by atoms with Crippen molar-refractivity contribution in [3.8, 4) is 0 Å². The molecule has 17 heavy (non-hydrogen) atoms. The van der Waals surface area contributed by atoms with E-state index in [1.807, 2.05) is 0 Å². The molecule has 1 fully saturated rings. The predicted octanol–water partition coefficient (Wildman–Crippen LogP) is 3.00. The Bertz CT molecular complexity index is 372. The molecule has 3 heteroatoms. The van der Waals surface area contributed by atoms with Gasteiger partial charge in [0, 0.05) is 37.2 Å². The molecule has 1 aromatic rings. The molecule has 1 atom stereocenters. The zero-order valence-corrected chi connectivity index (χ0v) is 11.4. The van der Waals surface area contributed by atoms with E-state index in [1.54, 1.807) is 0 Å². The summed E-state index contributed by atoms with van der Waals surface area (Å²) in [5.74, 6) is 0. The van der Waals surface area contributed by atoms with Crippen LogP contribution < -0.4 is 5.32 Å². The Morgan fingerprint density at radius 2 is 2.06 bits per heavy atom. The zero-order valence-electron chi connectivity index (χ0n) is 10.7. The van der Waals surface area contributed by atoms with E-state index in [4.69, 9.17) is 11.6 Å². The molecule has 1 aliphatic heterocycles. The first-order valence-electron chi connectivity index (χ1n) is 6.43. The molecule has 94 valence electrons. The molecular formula is C14H21ClN2. The molecule has 2 nitrogen and oxygen atoms in total. The summed E-state index contributed by atoms with van der Waals surface area (Å²) in [6.07, 6.45) is 1.14. The lowest BCUT2D eigenvalue weighted by Gasteiger charge is -2.34. The van der Waals surface area contributed by atoms with Gasteiger partial charge in [0.25, 0.3) is 0 Å². The standard InChI is InChI=1S/C14H21ClN2/c1-3-14(17-8-6-16-7-9-17)12-5-4-11(2)13(15)10-12/h4-5,10,14,16H,3,6-9H2,1-2H3. The lowest BCUT2D eigenvalue weighted by atomic mass is 10.0. The zero-order chi connectivity index (χ0) is 12.3. The number of nitrogens with zero attached hydrogens (tertiary/aromatic N) is 1. The van der Waals surface area contributed by atoms with Crippen LogP contribution in [0, 0.1) is 6.92 Å². The van der Waals surface area contributed by atoms with Crippen molar-refractivity contribution in [1.29, 1.82) is 0 Å². The van der Waals surface area contributed by atoms with Gasteiger partial charge >= 0.3 is 0 Å². The van der Waals surface area contributed by atoms with Gasteiger partial charge < -0.3 is 5.32 Å². The first kappa shape index (κ1) is 12.9. The number of hydrogen-bond acceptors (Lipinski definition) is 2. The molecule has 0 bridgehead atoms. The molecule has 1 aromatic carbocycles. The van der Waals surface area contributed by atoms with E-state index in [1.165, 1.54) is 5.56 Å². The van der Waals surface area contributed by atoms with Gasteiger partial charge in [0.15, 0.2) is 0 Å². The number of piperazine rings is 1. The molecule has 0 spiro atoms. The van der Waals surface area contributed by atoms with Crippen molar-refractivity contribution >= 4 is 11.6 Å². The summed E-state index contributed by atoms with van der Waals surface area (Å²) in [4.78, 5) is 2.55. The first-order valence-corrected chi connectivity index (χ1v) is 6.81. The van der Waals surface area contributed by atoms with E-state index >= 15 is 0 Å². The second kappa shape index (κ2) is 5.85. The Morgan fingerprint density at radius 1 is 1.35 bits per heavy atom. The van der Waals surface area contributed by atoms with Gasteiger partial charge in [-0.3, -0.25) is 4.90 Å². The van der Waals surface area contributed by atoms with Crippen LogP contribution in [0.3, 0.4) is 0 Å². The Kier molecular flexibility index (Phi) is 4.43. The predicted molar refractivity (Wildman–Crippen MR) is 73.7 cm³/mol. The van der Waals surface area contributed by atoms with Crippen molar-refractivity contribution in [2.45, 2.75) is 26.3 Å². The highest BCUT2D eigenvalue weighted by molar-refractivity contribution is 6.31. The maximum absolute atomic E-state index is 6.22. The molecule has 1 N–H and O–H groups in total. The van der Waals surface area contributed by atoms with Crippen molar-refractivity contribution in [3.63, 3.8) is 0 Å². The average molecular weight is 253 g/mol. The molecule has 0 radical (unpaired) electrons. The normalized spacial score (nSPS) is 19.2. The molecule has 2 rings (SSSR count). The van der Waals surface area contributed by atoms with Crippen molar-refractivity contribution in [1.82, 2.24) is 10.2 Å². The van der Waals surface area contributed by atoms with Crippen molar-refractivity contribution in [2.75, 3.05) is 26.2 Å². The SMILES string of the molecule is CCC(c1ccc(C)c(Cl)c1)N1CCNCC1. The van der Waals surface area contributed by atoms with Crippen LogP contribution in [0.2, 0.25) is 5.02 Å². The second-order valence-electron chi connectivity index (χ2n) is 4.72. The molecular weight excluding hydrogens is 232 g/mol. The smallest absolute Gasteiger partial charge is 0.0438 e. The van der Waals surface area contributed by atoms with Crippen LogP contribution >= 0.6 is 11.6 Å². The van der Waals surface area contributed by atoms with Crippen LogP contribution in [0.4, 0.5) is 0 Å². The molecule has 0 amide bonds. The fraction of sp³-hybridized carbons (Fsp3) is 0.571. The van der Waals surface area contributed by atoms with Gasteiger partial charge in [-0.05, 0) is 30.5 Å². The number of hydrogen-bond donors (Lipinski definition) is 1. The summed E-state index contributed by atoms with van der Waals surface area (Å²) in [7, 11) is 0. The highest BCUT2D eigenvalue weighted by Crippen LogP contribution is 2.28. The van der Waals surface area contributed by atoms with E-state index in [9.17, 15) is 0 Å². The van der Waals surface area contributed by atoms with Gasteiger partial charge in [0.2, 0.25) is 0 Å². The third-order valence-electron chi connectivity index (χ3n) is 3.56. The summed E-state index contributed by atoms with van der Waals surface area (Å²) < 4.78 is 0. The largest absolute Gasteiger partial charge is 0.314 e. The van der Waals surface area contributed by atoms with Crippen LogP contribution in [0.25, 0.3) is 0 Å². The summed E-state index contributed by atoms with van der Waals surface area (Å²) in [5, 5.41) is 4.28. The highest BCUT2D eigenvalue weighted by atomic mass is 35.5. The molecule has 0 aromatic heterocycles. The van der Waals surface area contributed by atoms with E-state index in [0.717, 1.165) is 43.2 Å².